The van der Waals surface area contributed by atoms with Crippen LogP contribution in [-0.2, 0) is 11.8 Å². The van der Waals surface area contributed by atoms with Crippen LogP contribution in [0.5, 0.6) is 5.88 Å². The van der Waals surface area contributed by atoms with E-state index in [-0.39, 0.29) is 17.9 Å². The summed E-state index contributed by atoms with van der Waals surface area (Å²) in [6, 6.07) is 11.6. The van der Waals surface area contributed by atoms with Gasteiger partial charge in [-0.25, -0.2) is 0 Å². The van der Waals surface area contributed by atoms with Gasteiger partial charge in [-0.2, -0.15) is 0 Å². The number of carbonyl (C=O) groups excluding carboxylic acids is 1. The number of hydrogen-bond acceptors (Lipinski definition) is 4. The van der Waals surface area contributed by atoms with Crippen LogP contribution in [0.2, 0.25) is 0 Å². The van der Waals surface area contributed by atoms with E-state index in [0.717, 1.165) is 16.5 Å². The quantitative estimate of drug-likeness (QED) is 0.694. The molecule has 0 saturated heterocycles. The van der Waals surface area contributed by atoms with E-state index in [9.17, 15) is 9.59 Å². The number of ether oxygens (including phenoxy) is 1. The number of nitrogens with zero attached hydrogens (tertiary/aromatic N) is 1. The number of esters is 1. The molecular weight excluding hydrogens is 298 g/mol. The molecule has 0 aliphatic carbocycles. The summed E-state index contributed by atoms with van der Waals surface area (Å²) in [5, 5.41) is 2.70. The Bertz CT molecular complexity index is 893. The molecule has 0 aliphatic heterocycles. The van der Waals surface area contributed by atoms with Crippen LogP contribution in [0.1, 0.15) is 13.3 Å². The van der Waals surface area contributed by atoms with Crippen LogP contribution in [0.25, 0.3) is 21.2 Å². The molecule has 0 bridgehead atoms. The highest BCUT2D eigenvalue weighted by Gasteiger charge is 2.20. The van der Waals surface area contributed by atoms with E-state index >= 15 is 0 Å². The second-order valence-electron chi connectivity index (χ2n) is 4.90. The van der Waals surface area contributed by atoms with Gasteiger partial charge in [0.2, 0.25) is 5.88 Å². The van der Waals surface area contributed by atoms with E-state index in [4.69, 9.17) is 4.74 Å². The number of aromatic nitrogens is 1. The Kier molecular flexibility index (Phi) is 3.81. The first-order valence-corrected chi connectivity index (χ1v) is 7.87. The maximum Gasteiger partial charge on any atom is 0.312 e. The van der Waals surface area contributed by atoms with Crippen LogP contribution in [-0.4, -0.2) is 10.5 Å². The van der Waals surface area contributed by atoms with Gasteiger partial charge in [-0.05, 0) is 17.0 Å². The molecule has 0 N–H and O–H groups in total. The van der Waals surface area contributed by atoms with Crippen molar-refractivity contribution in [1.29, 1.82) is 0 Å². The first-order valence-electron chi connectivity index (χ1n) is 6.99. The van der Waals surface area contributed by atoms with Crippen LogP contribution in [0.3, 0.4) is 0 Å². The van der Waals surface area contributed by atoms with Crippen LogP contribution in [0.4, 0.5) is 0 Å². The third-order valence-electron chi connectivity index (χ3n) is 3.51. The minimum Gasteiger partial charge on any atom is -0.408 e. The zero-order chi connectivity index (χ0) is 15.7. The second kappa shape index (κ2) is 5.77. The van der Waals surface area contributed by atoms with Gasteiger partial charge in [0.05, 0.1) is 5.56 Å². The van der Waals surface area contributed by atoms with Crippen LogP contribution < -0.4 is 10.3 Å². The number of hydrogen-bond donors (Lipinski definition) is 0. The predicted octanol–water partition coefficient (Wildman–Crippen LogP) is 3.58. The summed E-state index contributed by atoms with van der Waals surface area (Å²) in [7, 11) is 1.63. The lowest BCUT2D eigenvalue weighted by atomic mass is 10.0. The van der Waals surface area contributed by atoms with E-state index in [1.807, 2.05) is 41.8 Å². The van der Waals surface area contributed by atoms with Crippen molar-refractivity contribution in [2.75, 3.05) is 0 Å². The van der Waals surface area contributed by atoms with Crippen molar-refractivity contribution in [2.24, 2.45) is 7.05 Å². The van der Waals surface area contributed by atoms with Crippen molar-refractivity contribution in [3.05, 3.63) is 52.1 Å². The minimum absolute atomic E-state index is 0.149. The molecule has 112 valence electrons. The van der Waals surface area contributed by atoms with E-state index in [1.54, 1.807) is 14.0 Å². The summed E-state index contributed by atoms with van der Waals surface area (Å²) in [6.07, 6.45) is 0.254. The van der Waals surface area contributed by atoms with E-state index in [2.05, 4.69) is 0 Å². The zero-order valence-electron chi connectivity index (χ0n) is 12.3. The largest absolute Gasteiger partial charge is 0.408 e. The van der Waals surface area contributed by atoms with Gasteiger partial charge >= 0.3 is 5.97 Å². The Balaban J connectivity index is 2.38. The van der Waals surface area contributed by atoms with Gasteiger partial charge in [-0.1, -0.05) is 37.3 Å². The zero-order valence-corrected chi connectivity index (χ0v) is 13.1. The fourth-order valence-electron chi connectivity index (χ4n) is 2.38. The van der Waals surface area contributed by atoms with Gasteiger partial charge in [0.15, 0.2) is 0 Å². The molecule has 0 aliphatic rings. The molecule has 0 atom stereocenters. The summed E-state index contributed by atoms with van der Waals surface area (Å²) in [5.41, 5.74) is 1.55. The predicted molar refractivity (Wildman–Crippen MR) is 88.4 cm³/mol. The molecule has 2 aromatic heterocycles. The molecule has 3 rings (SSSR count). The fraction of sp³-hybridized carbons (Fsp3) is 0.176. The van der Waals surface area contributed by atoms with Gasteiger partial charge in [0, 0.05) is 18.9 Å². The van der Waals surface area contributed by atoms with Crippen molar-refractivity contribution in [2.45, 2.75) is 13.3 Å². The van der Waals surface area contributed by atoms with Crippen molar-refractivity contribution in [1.82, 2.24) is 4.57 Å². The van der Waals surface area contributed by atoms with Crippen molar-refractivity contribution in [3.8, 4) is 17.0 Å². The summed E-state index contributed by atoms with van der Waals surface area (Å²) < 4.78 is 7.54. The average Bonchev–Trinajstić information content (AvgIpc) is 3.02. The lowest BCUT2D eigenvalue weighted by Crippen LogP contribution is -2.21. The molecular formula is C17H15NO3S. The second-order valence-corrected chi connectivity index (χ2v) is 5.82. The molecule has 0 fully saturated rings. The first kappa shape index (κ1) is 14.5. The van der Waals surface area contributed by atoms with Gasteiger partial charge in [0.1, 0.15) is 4.70 Å². The summed E-state index contributed by atoms with van der Waals surface area (Å²) in [6.45, 7) is 1.73. The third kappa shape index (κ3) is 2.33. The van der Waals surface area contributed by atoms with Crippen molar-refractivity contribution < 1.29 is 9.53 Å². The maximum absolute atomic E-state index is 12.4. The smallest absolute Gasteiger partial charge is 0.312 e. The fourth-order valence-corrected chi connectivity index (χ4v) is 3.26. The van der Waals surface area contributed by atoms with E-state index in [1.165, 1.54) is 15.9 Å². The van der Waals surface area contributed by atoms with Crippen LogP contribution >= 0.6 is 11.3 Å². The molecule has 0 radical (unpaired) electrons. The number of benzene rings is 1. The van der Waals surface area contributed by atoms with Crippen LogP contribution in [0.15, 0.2) is 46.6 Å². The molecule has 0 spiro atoms. The molecule has 2 heterocycles. The summed E-state index contributed by atoms with van der Waals surface area (Å²) in [5.74, 6) is -0.0595. The Hall–Kier alpha value is -2.40. The van der Waals surface area contributed by atoms with Gasteiger partial charge in [-0.3, -0.25) is 14.2 Å². The highest BCUT2D eigenvalue weighted by Crippen LogP contribution is 2.37. The molecule has 4 nitrogen and oxygen atoms in total. The number of fused-ring (bicyclic) bond motifs is 1. The topological polar surface area (TPSA) is 48.3 Å². The van der Waals surface area contributed by atoms with E-state index < -0.39 is 0 Å². The highest BCUT2D eigenvalue weighted by atomic mass is 32.1. The normalized spacial score (nSPS) is 10.8. The molecule has 3 aromatic rings. The number of carbonyl (C=O) groups is 1. The molecule has 0 amide bonds. The maximum atomic E-state index is 12.4. The van der Waals surface area contributed by atoms with Gasteiger partial charge < -0.3 is 4.74 Å². The Morgan fingerprint density at radius 2 is 1.95 bits per heavy atom. The lowest BCUT2D eigenvalue weighted by Gasteiger charge is -2.15. The Morgan fingerprint density at radius 3 is 2.64 bits per heavy atom. The van der Waals surface area contributed by atoms with Gasteiger partial charge in [-0.15, -0.1) is 11.3 Å². The van der Waals surface area contributed by atoms with E-state index in [0.29, 0.717) is 10.6 Å². The average molecular weight is 313 g/mol. The molecule has 0 unspecified atom stereocenters. The molecule has 22 heavy (non-hydrogen) atoms. The number of pyridine rings is 1. The minimum atomic E-state index is -0.359. The Labute approximate surface area is 131 Å². The molecule has 1 aromatic carbocycles. The molecule has 0 saturated carbocycles. The Morgan fingerprint density at radius 1 is 1.23 bits per heavy atom. The van der Waals surface area contributed by atoms with Gasteiger partial charge in [0.25, 0.3) is 5.56 Å². The SMILES string of the molecule is CCC(=O)Oc1c(-c2ccccc2)c2ccsc2c(=O)n1C. The first-order chi connectivity index (χ1) is 10.6. The molecule has 5 heteroatoms. The van der Waals surface area contributed by atoms with Crippen molar-refractivity contribution >= 4 is 27.4 Å². The summed E-state index contributed by atoms with van der Waals surface area (Å²) >= 11 is 1.40. The van der Waals surface area contributed by atoms with Crippen molar-refractivity contribution in [3.63, 3.8) is 0 Å². The number of rotatable bonds is 3. The highest BCUT2D eigenvalue weighted by molar-refractivity contribution is 7.17. The monoisotopic (exact) mass is 313 g/mol. The lowest BCUT2D eigenvalue weighted by molar-refractivity contribution is -0.134. The standard InChI is InChI=1S/C17H15NO3S/c1-3-13(19)21-17-14(11-7-5-4-6-8-11)12-9-10-22-15(12)16(20)18(17)2/h4-10H,3H2,1-2H3. The third-order valence-corrected chi connectivity index (χ3v) is 4.42. The van der Waals surface area contributed by atoms with Crippen LogP contribution in [0, 0.1) is 0 Å². The number of thiophene rings is 1. The summed E-state index contributed by atoms with van der Waals surface area (Å²) in [4.78, 5) is 24.2.